The first-order valence-corrected chi connectivity index (χ1v) is 24.4. The third-order valence-electron chi connectivity index (χ3n) is 14.6. The Morgan fingerprint density at radius 3 is 1.34 bits per heavy atom. The number of benzene rings is 10. The molecule has 316 valence electrons. The van der Waals surface area contributed by atoms with Gasteiger partial charge in [-0.3, -0.25) is 0 Å². The van der Waals surface area contributed by atoms with E-state index >= 15 is 0 Å². The molecule has 0 fully saturated rings. The number of nitrogens with zero attached hydrogens (tertiary/aromatic N) is 2. The minimum Gasteiger partial charge on any atom is -0.311 e. The van der Waals surface area contributed by atoms with Crippen LogP contribution in [0.5, 0.6) is 0 Å². The van der Waals surface area contributed by atoms with E-state index in [9.17, 15) is 0 Å². The van der Waals surface area contributed by atoms with Crippen molar-refractivity contribution in [1.82, 2.24) is 4.57 Å². The van der Waals surface area contributed by atoms with Crippen molar-refractivity contribution in [3.63, 3.8) is 0 Å². The molecule has 10 aromatic carbocycles. The second kappa shape index (κ2) is 16.9. The minimum atomic E-state index is 1.10. The molecule has 0 atom stereocenters. The van der Waals surface area contributed by atoms with Crippen molar-refractivity contribution in [1.29, 1.82) is 0 Å². The molecule has 0 saturated carbocycles. The van der Waals surface area contributed by atoms with Gasteiger partial charge < -0.3 is 9.47 Å². The SMILES string of the molecule is Bc1c(B)c(B)c(-c2ccc(N(c3ccc(-c4ccccc4)cc3)c3ccc(-c4c(-c5ccccc5)c5c6ccccc6n(-c6ccccc6)c5c5sc6ccccc6c45)cc3)cc2)c(B)c1B. The van der Waals surface area contributed by atoms with Crippen molar-refractivity contribution in [3.8, 4) is 50.2 Å². The molecule has 2 nitrogen and oxygen atoms in total. The molecule has 0 radical (unpaired) electrons. The molecular formula is C60H45B5N2S. The lowest BCUT2D eigenvalue weighted by Crippen LogP contribution is -2.55. The van der Waals surface area contributed by atoms with Crippen LogP contribution in [0.25, 0.3) is 92.2 Å². The quantitative estimate of drug-likeness (QED) is 0.139. The van der Waals surface area contributed by atoms with Gasteiger partial charge in [-0.2, -0.15) is 0 Å². The maximum Gasteiger partial charge on any atom is 0.139 e. The molecule has 0 saturated heterocycles. The fourth-order valence-corrected chi connectivity index (χ4v) is 12.1. The summed E-state index contributed by atoms with van der Waals surface area (Å²) in [5, 5.41) is 5.09. The predicted molar refractivity (Wildman–Crippen MR) is 311 cm³/mol. The van der Waals surface area contributed by atoms with Gasteiger partial charge in [-0.1, -0.05) is 163 Å². The molecule has 2 aromatic heterocycles. The van der Waals surface area contributed by atoms with Crippen LogP contribution in [0.2, 0.25) is 0 Å². The minimum absolute atomic E-state index is 1.10. The van der Waals surface area contributed by atoms with E-state index in [-0.39, 0.29) is 0 Å². The van der Waals surface area contributed by atoms with E-state index < -0.39 is 0 Å². The Morgan fingerprint density at radius 1 is 0.338 bits per heavy atom. The largest absolute Gasteiger partial charge is 0.311 e. The summed E-state index contributed by atoms with van der Waals surface area (Å²) in [4.78, 5) is 2.40. The number of para-hydroxylation sites is 2. The van der Waals surface area contributed by atoms with Gasteiger partial charge in [-0.15, -0.1) is 27.7 Å². The van der Waals surface area contributed by atoms with E-state index in [0.717, 1.165) is 22.7 Å². The summed E-state index contributed by atoms with van der Waals surface area (Å²) in [5.41, 5.74) is 23.7. The third-order valence-corrected chi connectivity index (χ3v) is 15.8. The van der Waals surface area contributed by atoms with Gasteiger partial charge in [0.25, 0.3) is 0 Å². The average Bonchev–Trinajstić information content (AvgIpc) is 3.96. The molecule has 8 heteroatoms. The highest BCUT2D eigenvalue weighted by atomic mass is 32.1. The van der Waals surface area contributed by atoms with E-state index in [1.165, 1.54) is 114 Å². The number of aromatic nitrogens is 1. The highest BCUT2D eigenvalue weighted by Crippen LogP contribution is 2.53. The van der Waals surface area contributed by atoms with Crippen LogP contribution in [0, 0.1) is 0 Å². The summed E-state index contributed by atoms with van der Waals surface area (Å²) in [6, 6.07) is 78.1. The summed E-state index contributed by atoms with van der Waals surface area (Å²) < 4.78 is 5.08. The van der Waals surface area contributed by atoms with Crippen molar-refractivity contribution in [2.75, 3.05) is 4.90 Å². The van der Waals surface area contributed by atoms with Crippen molar-refractivity contribution >= 4 is 137 Å². The summed E-state index contributed by atoms with van der Waals surface area (Å²) in [6.45, 7) is 0. The van der Waals surface area contributed by atoms with Gasteiger partial charge in [0.15, 0.2) is 0 Å². The smallest absolute Gasteiger partial charge is 0.139 e. The highest BCUT2D eigenvalue weighted by molar-refractivity contribution is 7.26. The highest BCUT2D eigenvalue weighted by Gasteiger charge is 2.27. The van der Waals surface area contributed by atoms with E-state index in [1.807, 2.05) is 11.3 Å². The van der Waals surface area contributed by atoms with Crippen LogP contribution in [0.3, 0.4) is 0 Å². The second-order valence-electron chi connectivity index (χ2n) is 18.2. The number of fused-ring (bicyclic) bond motifs is 7. The molecule has 0 bridgehead atoms. The molecular weight excluding hydrogens is 835 g/mol. The molecule has 0 spiro atoms. The molecule has 0 aliphatic heterocycles. The molecule has 0 unspecified atom stereocenters. The zero-order valence-electron chi connectivity index (χ0n) is 39.0. The van der Waals surface area contributed by atoms with Crippen LogP contribution in [0.15, 0.2) is 212 Å². The zero-order valence-corrected chi connectivity index (χ0v) is 39.8. The topological polar surface area (TPSA) is 8.17 Å². The first-order valence-electron chi connectivity index (χ1n) is 23.6. The number of rotatable bonds is 8. The van der Waals surface area contributed by atoms with Crippen LogP contribution in [0.4, 0.5) is 17.1 Å². The maximum absolute atomic E-state index is 2.50. The van der Waals surface area contributed by atoms with Crippen LogP contribution in [-0.4, -0.2) is 43.8 Å². The van der Waals surface area contributed by atoms with Gasteiger partial charge in [0.2, 0.25) is 0 Å². The third kappa shape index (κ3) is 6.77. The molecule has 0 aliphatic rings. The standard InChI is InChI=1S/C60H45B5N2S/c61-54-51(55(62)57(64)58(65)56(54)63)40-28-34-44(35-29-40)66(42-30-24-37(25-31-42)36-14-4-1-5-15-36)43-32-26-39(27-33-43)50-49(38-16-6-2-7-17-38)52-45-20-10-12-22-47(45)67(41-18-8-3-9-19-41)59(52)60-53(50)46-21-11-13-23-48(46)68-60/h1-35H,61-65H2. The lowest BCUT2D eigenvalue weighted by Gasteiger charge is -2.27. The lowest BCUT2D eigenvalue weighted by molar-refractivity contribution is 1.19. The fraction of sp³-hybridized carbons (Fsp3) is 0. The Morgan fingerprint density at radius 2 is 0.750 bits per heavy atom. The Hall–Kier alpha value is -7.66. The van der Waals surface area contributed by atoms with Crippen LogP contribution < -0.4 is 32.2 Å². The van der Waals surface area contributed by atoms with E-state index in [1.54, 1.807) is 0 Å². The number of hydrogen-bond acceptors (Lipinski definition) is 2. The average molecular weight is 880 g/mol. The van der Waals surface area contributed by atoms with E-state index in [4.69, 9.17) is 0 Å². The maximum atomic E-state index is 2.50. The van der Waals surface area contributed by atoms with Gasteiger partial charge in [0.05, 0.1) is 15.7 Å². The number of hydrogen-bond donors (Lipinski definition) is 0. The van der Waals surface area contributed by atoms with Gasteiger partial charge >= 0.3 is 0 Å². The van der Waals surface area contributed by atoms with E-state index in [0.29, 0.717) is 0 Å². The summed E-state index contributed by atoms with van der Waals surface area (Å²) in [6.07, 6.45) is 0. The Bertz CT molecular complexity index is 3840. The molecule has 0 aliphatic carbocycles. The van der Waals surface area contributed by atoms with Gasteiger partial charge in [0, 0.05) is 54.6 Å². The normalized spacial score (nSPS) is 11.5. The van der Waals surface area contributed by atoms with Gasteiger partial charge in [0.1, 0.15) is 39.2 Å². The molecule has 2 heterocycles. The van der Waals surface area contributed by atoms with Crippen LogP contribution in [0.1, 0.15) is 0 Å². The summed E-state index contributed by atoms with van der Waals surface area (Å²) in [5.74, 6) is 0. The Balaban J connectivity index is 1.08. The van der Waals surface area contributed by atoms with E-state index in [2.05, 4.69) is 261 Å². The molecule has 12 aromatic rings. The zero-order chi connectivity index (χ0) is 46.0. The summed E-state index contributed by atoms with van der Waals surface area (Å²) >= 11 is 1.90. The first kappa shape index (κ1) is 41.8. The molecule has 12 rings (SSSR count). The fourth-order valence-electron chi connectivity index (χ4n) is 10.8. The second-order valence-corrected chi connectivity index (χ2v) is 19.2. The summed E-state index contributed by atoms with van der Waals surface area (Å²) in [7, 11) is 11.3. The van der Waals surface area contributed by atoms with Crippen molar-refractivity contribution in [2.24, 2.45) is 0 Å². The van der Waals surface area contributed by atoms with Crippen LogP contribution in [-0.2, 0) is 0 Å². The number of thiophene rings is 1. The van der Waals surface area contributed by atoms with Crippen molar-refractivity contribution < 1.29 is 0 Å². The first-order chi connectivity index (χ1) is 33.4. The van der Waals surface area contributed by atoms with Gasteiger partial charge in [-0.05, 0) is 99.6 Å². The lowest BCUT2D eigenvalue weighted by atomic mass is 9.60. The predicted octanol–water partition coefficient (Wildman–Crippen LogP) is 8.58. The number of anilines is 3. The Kier molecular flexibility index (Phi) is 10.4. The van der Waals surface area contributed by atoms with Crippen LogP contribution >= 0.6 is 11.3 Å². The molecule has 68 heavy (non-hydrogen) atoms. The van der Waals surface area contributed by atoms with Crippen molar-refractivity contribution in [3.05, 3.63) is 212 Å². The van der Waals surface area contributed by atoms with Gasteiger partial charge in [-0.25, -0.2) is 0 Å². The Labute approximate surface area is 406 Å². The molecule has 0 N–H and O–H groups in total. The van der Waals surface area contributed by atoms with Crippen molar-refractivity contribution in [2.45, 2.75) is 0 Å². The molecule has 0 amide bonds. The monoisotopic (exact) mass is 880 g/mol.